The van der Waals surface area contributed by atoms with Gasteiger partial charge in [0.2, 0.25) is 11.8 Å². The molecule has 1 aromatic carbocycles. The summed E-state index contributed by atoms with van der Waals surface area (Å²) in [5.41, 5.74) is 0.770. The van der Waals surface area contributed by atoms with Crippen molar-refractivity contribution in [1.82, 2.24) is 5.32 Å². The molecule has 1 N–H and O–H groups in total. The lowest BCUT2D eigenvalue weighted by Gasteiger charge is -2.25. The van der Waals surface area contributed by atoms with E-state index in [1.54, 1.807) is 12.0 Å². The molecular weight excluding hydrogens is 292 g/mol. The Kier molecular flexibility index (Phi) is 4.84. The fourth-order valence-corrected chi connectivity index (χ4v) is 3.29. The van der Waals surface area contributed by atoms with Crippen molar-refractivity contribution in [3.05, 3.63) is 24.3 Å². The van der Waals surface area contributed by atoms with Crippen molar-refractivity contribution in [2.24, 2.45) is 5.92 Å². The van der Waals surface area contributed by atoms with Crippen LogP contribution in [0.15, 0.2) is 24.3 Å². The first kappa shape index (κ1) is 15.8. The third-order valence-electron chi connectivity index (χ3n) is 4.92. The van der Waals surface area contributed by atoms with E-state index in [-0.39, 0.29) is 11.8 Å². The quantitative estimate of drug-likeness (QED) is 0.877. The molecule has 124 valence electrons. The number of rotatable bonds is 6. The Labute approximate surface area is 137 Å². The lowest BCUT2D eigenvalue weighted by molar-refractivity contribution is -0.126. The first-order valence-corrected chi connectivity index (χ1v) is 8.43. The fraction of sp³-hybridized carbons (Fsp3) is 0.556. The van der Waals surface area contributed by atoms with Crippen LogP contribution in [0.5, 0.6) is 5.75 Å². The zero-order chi connectivity index (χ0) is 16.2. The minimum Gasteiger partial charge on any atom is -0.495 e. The van der Waals surface area contributed by atoms with Crippen LogP contribution < -0.4 is 15.0 Å². The van der Waals surface area contributed by atoms with Gasteiger partial charge in [0.15, 0.2) is 0 Å². The summed E-state index contributed by atoms with van der Waals surface area (Å²) in [7, 11) is 1.60. The zero-order valence-corrected chi connectivity index (χ0v) is 13.6. The molecule has 0 radical (unpaired) electrons. The molecule has 1 saturated heterocycles. The minimum atomic E-state index is -0.409. The van der Waals surface area contributed by atoms with Crippen molar-refractivity contribution >= 4 is 17.5 Å². The molecule has 2 amide bonds. The number of nitrogens with one attached hydrogen (secondary N) is 1. The van der Waals surface area contributed by atoms with Crippen LogP contribution in [0.1, 0.15) is 38.5 Å². The largest absolute Gasteiger partial charge is 0.495 e. The summed E-state index contributed by atoms with van der Waals surface area (Å²) >= 11 is 0. The van der Waals surface area contributed by atoms with Crippen LogP contribution in [0.25, 0.3) is 0 Å². The van der Waals surface area contributed by atoms with E-state index in [1.165, 1.54) is 19.3 Å². The Bertz CT molecular complexity index is 583. The average molecular weight is 316 g/mol. The van der Waals surface area contributed by atoms with Gasteiger partial charge in [-0.15, -0.1) is 0 Å². The van der Waals surface area contributed by atoms with Crippen molar-refractivity contribution < 1.29 is 14.3 Å². The second-order valence-electron chi connectivity index (χ2n) is 6.41. The number of methoxy groups -OCH3 is 1. The Morgan fingerprint density at radius 2 is 2.09 bits per heavy atom. The average Bonchev–Trinajstić information content (AvgIpc) is 2.86. The van der Waals surface area contributed by atoms with Crippen molar-refractivity contribution in [2.45, 2.75) is 44.6 Å². The molecule has 0 bridgehead atoms. The Balaban J connectivity index is 1.56. The number of amides is 2. The van der Waals surface area contributed by atoms with Crippen LogP contribution in [0, 0.1) is 5.92 Å². The Morgan fingerprint density at radius 1 is 1.30 bits per heavy atom. The Hall–Kier alpha value is -2.04. The van der Waals surface area contributed by atoms with Crippen LogP contribution in [-0.4, -0.2) is 31.5 Å². The van der Waals surface area contributed by atoms with Crippen LogP contribution in [0.2, 0.25) is 0 Å². The molecule has 0 spiro atoms. The van der Waals surface area contributed by atoms with Gasteiger partial charge in [-0.25, -0.2) is 0 Å². The molecule has 2 aliphatic rings. The number of benzene rings is 1. The molecule has 1 heterocycles. The maximum atomic E-state index is 12.6. The lowest BCUT2D eigenvalue weighted by atomic mass is 9.82. The van der Waals surface area contributed by atoms with Gasteiger partial charge in [-0.1, -0.05) is 31.4 Å². The van der Waals surface area contributed by atoms with Crippen molar-refractivity contribution in [3.63, 3.8) is 0 Å². The molecule has 1 atom stereocenters. The molecule has 23 heavy (non-hydrogen) atoms. The van der Waals surface area contributed by atoms with Crippen molar-refractivity contribution in [2.75, 3.05) is 18.6 Å². The van der Waals surface area contributed by atoms with Gasteiger partial charge >= 0.3 is 0 Å². The van der Waals surface area contributed by atoms with Gasteiger partial charge in [-0.05, 0) is 30.9 Å². The summed E-state index contributed by atoms with van der Waals surface area (Å²) in [6.07, 6.45) is 5.91. The third kappa shape index (κ3) is 3.49. The summed E-state index contributed by atoms with van der Waals surface area (Å²) in [6.45, 7) is 0.604. The van der Waals surface area contributed by atoms with E-state index in [0.717, 1.165) is 12.1 Å². The second-order valence-corrected chi connectivity index (χ2v) is 6.41. The van der Waals surface area contributed by atoms with Gasteiger partial charge < -0.3 is 15.0 Å². The topological polar surface area (TPSA) is 58.6 Å². The fourth-order valence-electron chi connectivity index (χ4n) is 3.29. The maximum absolute atomic E-state index is 12.6. The van der Waals surface area contributed by atoms with E-state index >= 15 is 0 Å². The highest BCUT2D eigenvalue weighted by molar-refractivity contribution is 6.02. The molecule has 1 aliphatic heterocycles. The first-order valence-electron chi connectivity index (χ1n) is 8.43. The molecule has 0 aromatic heterocycles. The molecule has 1 unspecified atom stereocenters. The monoisotopic (exact) mass is 316 g/mol. The highest BCUT2D eigenvalue weighted by atomic mass is 16.5. The maximum Gasteiger partial charge on any atom is 0.249 e. The van der Waals surface area contributed by atoms with Crippen molar-refractivity contribution in [1.29, 1.82) is 0 Å². The Morgan fingerprint density at radius 3 is 2.78 bits per heavy atom. The molecule has 1 aliphatic carbocycles. The standard InChI is InChI=1S/C18H24N2O3/c1-23-16-8-3-2-7-15(16)20-12-11-14(18(20)22)19-17(21)10-9-13-5-4-6-13/h2-3,7-8,13-14H,4-6,9-12H2,1H3,(H,19,21). The molecular formula is C18H24N2O3. The van der Waals surface area contributed by atoms with E-state index in [4.69, 9.17) is 4.74 Å². The van der Waals surface area contributed by atoms with Crippen molar-refractivity contribution in [3.8, 4) is 5.75 Å². The number of anilines is 1. The van der Waals surface area contributed by atoms with Crippen LogP contribution in [0.3, 0.4) is 0 Å². The molecule has 5 nitrogen and oxygen atoms in total. The number of carbonyl (C=O) groups excluding carboxylic acids is 2. The molecule has 1 saturated carbocycles. The summed E-state index contributed by atoms with van der Waals surface area (Å²) in [5, 5.41) is 2.90. The predicted molar refractivity (Wildman–Crippen MR) is 88.5 cm³/mol. The number of hydrogen-bond acceptors (Lipinski definition) is 3. The lowest BCUT2D eigenvalue weighted by Crippen LogP contribution is -2.41. The number of carbonyl (C=O) groups is 2. The van der Waals surface area contributed by atoms with Gasteiger partial charge in [0, 0.05) is 13.0 Å². The van der Waals surface area contributed by atoms with Crippen LogP contribution in [-0.2, 0) is 9.59 Å². The first-order chi connectivity index (χ1) is 11.2. The van der Waals surface area contributed by atoms with Gasteiger partial charge in [0.05, 0.1) is 12.8 Å². The summed E-state index contributed by atoms with van der Waals surface area (Å²) < 4.78 is 5.32. The number of nitrogens with zero attached hydrogens (tertiary/aromatic N) is 1. The zero-order valence-electron chi connectivity index (χ0n) is 13.6. The van der Waals surface area contributed by atoms with Gasteiger partial charge in [-0.3, -0.25) is 9.59 Å². The van der Waals surface area contributed by atoms with E-state index < -0.39 is 6.04 Å². The van der Waals surface area contributed by atoms with E-state index in [2.05, 4.69) is 5.32 Å². The van der Waals surface area contributed by atoms with E-state index in [0.29, 0.717) is 31.1 Å². The minimum absolute atomic E-state index is 0.00266. The highest BCUT2D eigenvalue weighted by Crippen LogP contribution is 2.32. The van der Waals surface area contributed by atoms with Gasteiger partial charge in [0.25, 0.3) is 0 Å². The molecule has 3 rings (SSSR count). The smallest absolute Gasteiger partial charge is 0.249 e. The molecule has 1 aromatic rings. The number of hydrogen-bond donors (Lipinski definition) is 1. The van der Waals surface area contributed by atoms with Crippen LogP contribution in [0.4, 0.5) is 5.69 Å². The summed E-state index contributed by atoms with van der Waals surface area (Å²) in [5.74, 6) is 1.34. The predicted octanol–water partition coefficient (Wildman–Crippen LogP) is 2.50. The van der Waals surface area contributed by atoms with E-state index in [1.807, 2.05) is 24.3 Å². The molecule has 5 heteroatoms. The normalized spacial score (nSPS) is 21.2. The summed E-state index contributed by atoms with van der Waals surface area (Å²) in [4.78, 5) is 26.3. The van der Waals surface area contributed by atoms with Gasteiger partial charge in [-0.2, -0.15) is 0 Å². The third-order valence-corrected chi connectivity index (χ3v) is 4.92. The second kappa shape index (κ2) is 7.02. The number of para-hydroxylation sites is 2. The summed E-state index contributed by atoms with van der Waals surface area (Å²) in [6, 6.07) is 7.07. The van der Waals surface area contributed by atoms with E-state index in [9.17, 15) is 9.59 Å². The van der Waals surface area contributed by atoms with Gasteiger partial charge in [0.1, 0.15) is 11.8 Å². The highest BCUT2D eigenvalue weighted by Gasteiger charge is 2.34. The number of ether oxygens (including phenoxy) is 1. The van der Waals surface area contributed by atoms with Crippen LogP contribution >= 0.6 is 0 Å². The SMILES string of the molecule is COc1ccccc1N1CCC(NC(=O)CCC2CCC2)C1=O. The molecule has 2 fully saturated rings.